The molecule has 0 saturated carbocycles. The van der Waals surface area contributed by atoms with Gasteiger partial charge in [0.2, 0.25) is 5.91 Å². The van der Waals surface area contributed by atoms with Gasteiger partial charge in [0.1, 0.15) is 5.75 Å². The van der Waals surface area contributed by atoms with Crippen LogP contribution in [0, 0.1) is 5.92 Å². The molecule has 1 fully saturated rings. The molecule has 1 saturated heterocycles. The van der Waals surface area contributed by atoms with Gasteiger partial charge in [-0.15, -0.1) is 0 Å². The third kappa shape index (κ3) is 3.99. The maximum Gasteiger partial charge on any atom is 0.286 e. The van der Waals surface area contributed by atoms with Crippen molar-refractivity contribution < 1.29 is 14.3 Å². The van der Waals surface area contributed by atoms with Gasteiger partial charge in [-0.3, -0.25) is 14.9 Å². The molecule has 1 aliphatic rings. The highest BCUT2D eigenvalue weighted by Crippen LogP contribution is 2.23. The summed E-state index contributed by atoms with van der Waals surface area (Å²) in [6.07, 6.45) is 0.562. The molecule has 0 spiro atoms. The van der Waals surface area contributed by atoms with Crippen LogP contribution in [-0.2, 0) is 11.2 Å². The molecule has 5 heteroatoms. The molecule has 2 amide bonds. The third-order valence-corrected chi connectivity index (χ3v) is 3.68. The van der Waals surface area contributed by atoms with E-state index in [4.69, 9.17) is 4.74 Å². The van der Waals surface area contributed by atoms with Crippen LogP contribution in [0.2, 0.25) is 0 Å². The van der Waals surface area contributed by atoms with Crippen LogP contribution in [0.5, 0.6) is 5.75 Å². The molecule has 1 aliphatic heterocycles. The molecular weight excluding hydrogens is 262 g/mol. The van der Waals surface area contributed by atoms with E-state index in [2.05, 4.69) is 19.2 Å². The molecule has 4 nitrogen and oxygen atoms in total. The largest absolute Gasteiger partial charge is 0.493 e. The molecule has 1 aromatic rings. The summed E-state index contributed by atoms with van der Waals surface area (Å²) in [5, 5.41) is 1.72. The number of hydrogen-bond donors (Lipinski definition) is 1. The number of amides is 2. The normalized spacial score (nSPS) is 18.8. The lowest BCUT2D eigenvalue weighted by Gasteiger charge is -2.10. The highest BCUT2D eigenvalue weighted by Gasteiger charge is 2.31. The molecule has 1 aromatic carbocycles. The fraction of sp³-hybridized carbons (Fsp3) is 0.429. The molecule has 1 atom stereocenters. The second-order valence-corrected chi connectivity index (χ2v) is 6.11. The van der Waals surface area contributed by atoms with E-state index in [-0.39, 0.29) is 16.4 Å². The Hall–Kier alpha value is -1.49. The first-order valence-corrected chi connectivity index (χ1v) is 7.16. The maximum absolute atomic E-state index is 11.5. The van der Waals surface area contributed by atoms with E-state index >= 15 is 0 Å². The molecular formula is C14H17NO3S. The van der Waals surface area contributed by atoms with Gasteiger partial charge >= 0.3 is 0 Å². The van der Waals surface area contributed by atoms with Crippen molar-refractivity contribution in [1.82, 2.24) is 5.32 Å². The molecule has 1 heterocycles. The Morgan fingerprint density at radius 2 is 1.95 bits per heavy atom. The van der Waals surface area contributed by atoms with E-state index in [9.17, 15) is 9.59 Å². The SMILES string of the molecule is CC(C)COc1ccc(CC2SC(=O)NC2=O)cc1. The van der Waals surface area contributed by atoms with Crippen molar-refractivity contribution in [2.75, 3.05) is 6.61 Å². The van der Waals surface area contributed by atoms with Gasteiger partial charge in [0.25, 0.3) is 5.24 Å². The monoisotopic (exact) mass is 279 g/mol. The minimum atomic E-state index is -0.310. The lowest BCUT2D eigenvalue weighted by molar-refractivity contribution is -0.118. The van der Waals surface area contributed by atoms with Gasteiger partial charge in [-0.25, -0.2) is 0 Å². The smallest absolute Gasteiger partial charge is 0.286 e. The molecule has 0 aromatic heterocycles. The molecule has 0 aliphatic carbocycles. The van der Waals surface area contributed by atoms with E-state index in [1.54, 1.807) is 0 Å². The Morgan fingerprint density at radius 1 is 1.26 bits per heavy atom. The summed E-state index contributed by atoms with van der Waals surface area (Å²) in [6.45, 7) is 4.89. The zero-order chi connectivity index (χ0) is 13.8. The molecule has 0 radical (unpaired) electrons. The summed E-state index contributed by atoms with van der Waals surface area (Å²) in [7, 11) is 0. The van der Waals surface area contributed by atoms with Gasteiger partial charge in [0.15, 0.2) is 0 Å². The van der Waals surface area contributed by atoms with Gasteiger partial charge in [-0.2, -0.15) is 0 Å². The van der Waals surface area contributed by atoms with Gasteiger partial charge in [-0.05, 0) is 30.0 Å². The van der Waals surface area contributed by atoms with E-state index in [0.29, 0.717) is 18.9 Å². The molecule has 19 heavy (non-hydrogen) atoms. The van der Waals surface area contributed by atoms with Gasteiger partial charge < -0.3 is 4.74 Å². The summed E-state index contributed by atoms with van der Waals surface area (Å²) < 4.78 is 5.59. The second-order valence-electron chi connectivity index (χ2n) is 4.94. The first-order valence-electron chi connectivity index (χ1n) is 6.28. The van der Waals surface area contributed by atoms with Crippen molar-refractivity contribution >= 4 is 22.9 Å². The summed E-state index contributed by atoms with van der Waals surface area (Å²) in [5.41, 5.74) is 1.03. The predicted octanol–water partition coefficient (Wildman–Crippen LogP) is 2.62. The number of imide groups is 1. The Balaban J connectivity index is 1.91. The standard InChI is InChI=1S/C14H17NO3S/c1-9(2)8-18-11-5-3-10(4-6-11)7-12-13(16)15-14(17)19-12/h3-6,9,12H,7-8H2,1-2H3,(H,15,16,17). The zero-order valence-corrected chi connectivity index (χ0v) is 11.8. The quantitative estimate of drug-likeness (QED) is 0.900. The number of carbonyl (C=O) groups is 2. The van der Waals surface area contributed by atoms with E-state index in [1.165, 1.54) is 0 Å². The van der Waals surface area contributed by atoms with Crippen molar-refractivity contribution in [3.63, 3.8) is 0 Å². The Labute approximate surface area is 116 Å². The van der Waals surface area contributed by atoms with Gasteiger partial charge in [-0.1, -0.05) is 37.7 Å². The first kappa shape index (κ1) is 13.9. The Kier molecular flexibility index (Phi) is 4.47. The van der Waals surface area contributed by atoms with Crippen LogP contribution in [0.15, 0.2) is 24.3 Å². The van der Waals surface area contributed by atoms with E-state index in [1.807, 2.05) is 24.3 Å². The minimum absolute atomic E-state index is 0.199. The number of ether oxygens (including phenoxy) is 1. The number of hydrogen-bond acceptors (Lipinski definition) is 4. The van der Waals surface area contributed by atoms with E-state index in [0.717, 1.165) is 23.1 Å². The minimum Gasteiger partial charge on any atom is -0.493 e. The number of nitrogens with one attached hydrogen (secondary N) is 1. The van der Waals surface area contributed by atoms with Crippen molar-refractivity contribution in [2.45, 2.75) is 25.5 Å². The summed E-state index contributed by atoms with van der Waals surface area (Å²) in [6, 6.07) is 7.67. The van der Waals surface area contributed by atoms with Crippen LogP contribution in [0.4, 0.5) is 4.79 Å². The maximum atomic E-state index is 11.5. The second kappa shape index (κ2) is 6.10. The van der Waals surface area contributed by atoms with Crippen molar-refractivity contribution in [2.24, 2.45) is 5.92 Å². The van der Waals surface area contributed by atoms with Gasteiger partial charge in [0.05, 0.1) is 11.9 Å². The highest BCUT2D eigenvalue weighted by atomic mass is 32.2. The molecule has 1 unspecified atom stereocenters. The molecule has 1 N–H and O–H groups in total. The first-order chi connectivity index (χ1) is 9.04. The predicted molar refractivity (Wildman–Crippen MR) is 75.4 cm³/mol. The summed E-state index contributed by atoms with van der Waals surface area (Å²) in [4.78, 5) is 22.5. The average Bonchev–Trinajstić information content (AvgIpc) is 2.67. The number of thioether (sulfide) groups is 1. The van der Waals surface area contributed by atoms with Crippen LogP contribution in [0.1, 0.15) is 19.4 Å². The lowest BCUT2D eigenvalue weighted by Crippen LogP contribution is -2.25. The van der Waals surface area contributed by atoms with Crippen LogP contribution in [0.25, 0.3) is 0 Å². The van der Waals surface area contributed by atoms with Crippen LogP contribution >= 0.6 is 11.8 Å². The Morgan fingerprint density at radius 3 is 2.47 bits per heavy atom. The third-order valence-electron chi connectivity index (χ3n) is 2.69. The van der Waals surface area contributed by atoms with Crippen LogP contribution in [0.3, 0.4) is 0 Å². The fourth-order valence-corrected chi connectivity index (χ4v) is 2.59. The average molecular weight is 279 g/mol. The molecule has 102 valence electrons. The van der Waals surface area contributed by atoms with E-state index < -0.39 is 0 Å². The van der Waals surface area contributed by atoms with Crippen LogP contribution in [-0.4, -0.2) is 23.0 Å². The zero-order valence-electron chi connectivity index (χ0n) is 11.0. The fourth-order valence-electron chi connectivity index (χ4n) is 1.73. The summed E-state index contributed by atoms with van der Waals surface area (Å²) in [5.74, 6) is 1.12. The lowest BCUT2D eigenvalue weighted by atomic mass is 10.1. The highest BCUT2D eigenvalue weighted by molar-refractivity contribution is 8.15. The van der Waals surface area contributed by atoms with Crippen molar-refractivity contribution in [1.29, 1.82) is 0 Å². The number of rotatable bonds is 5. The topological polar surface area (TPSA) is 55.4 Å². The van der Waals surface area contributed by atoms with Crippen molar-refractivity contribution in [3.8, 4) is 5.75 Å². The van der Waals surface area contributed by atoms with Crippen LogP contribution < -0.4 is 10.1 Å². The number of carbonyl (C=O) groups excluding carboxylic acids is 2. The molecule has 2 rings (SSSR count). The van der Waals surface area contributed by atoms with Crippen molar-refractivity contribution in [3.05, 3.63) is 29.8 Å². The van der Waals surface area contributed by atoms with Gasteiger partial charge in [0, 0.05) is 0 Å². The molecule has 0 bridgehead atoms. The number of benzene rings is 1. The summed E-state index contributed by atoms with van der Waals surface area (Å²) >= 11 is 1.06. The Bertz CT molecular complexity index is 470.